The van der Waals surface area contributed by atoms with E-state index in [9.17, 15) is 9.59 Å². The van der Waals surface area contributed by atoms with Gasteiger partial charge in [0.1, 0.15) is 5.69 Å². The molecule has 2 aromatic carbocycles. The van der Waals surface area contributed by atoms with Gasteiger partial charge in [-0.3, -0.25) is 14.6 Å². The highest BCUT2D eigenvalue weighted by molar-refractivity contribution is 9.10. The van der Waals surface area contributed by atoms with E-state index < -0.39 is 5.97 Å². The first-order valence-corrected chi connectivity index (χ1v) is 7.99. The molecule has 1 heterocycles. The monoisotopic (exact) mass is 384 g/mol. The molecule has 5 nitrogen and oxygen atoms in total. The van der Waals surface area contributed by atoms with E-state index in [1.54, 1.807) is 24.4 Å². The average Bonchev–Trinajstić information content (AvgIpc) is 2.56. The van der Waals surface area contributed by atoms with E-state index in [0.717, 1.165) is 10.8 Å². The van der Waals surface area contributed by atoms with Gasteiger partial charge in [-0.15, -0.1) is 0 Å². The zero-order valence-corrected chi connectivity index (χ0v) is 14.1. The number of fused-ring (bicyclic) bond motifs is 1. The second-order valence-corrected chi connectivity index (χ2v) is 6.07. The minimum atomic E-state index is -0.904. The molecule has 0 aliphatic carbocycles. The van der Waals surface area contributed by atoms with Crippen molar-refractivity contribution in [3.63, 3.8) is 0 Å². The first kappa shape index (κ1) is 16.1. The third kappa shape index (κ3) is 3.44. The molecule has 1 amide bonds. The van der Waals surface area contributed by atoms with Crippen LogP contribution < -0.4 is 5.32 Å². The fourth-order valence-corrected chi connectivity index (χ4v) is 2.95. The molecule has 0 saturated heterocycles. The van der Waals surface area contributed by atoms with Crippen molar-refractivity contribution in [1.29, 1.82) is 0 Å². The van der Waals surface area contributed by atoms with E-state index >= 15 is 0 Å². The van der Waals surface area contributed by atoms with E-state index in [1.807, 2.05) is 30.3 Å². The molecule has 3 aromatic rings. The number of benzene rings is 2. The Morgan fingerprint density at radius 1 is 1.12 bits per heavy atom. The summed E-state index contributed by atoms with van der Waals surface area (Å²) in [7, 11) is 0. The van der Waals surface area contributed by atoms with Crippen LogP contribution in [0.4, 0.5) is 5.69 Å². The van der Waals surface area contributed by atoms with E-state index in [0.29, 0.717) is 21.4 Å². The minimum Gasteiger partial charge on any atom is -0.481 e. The highest BCUT2D eigenvalue weighted by Crippen LogP contribution is 2.25. The predicted octanol–water partition coefficient (Wildman–Crippen LogP) is 3.88. The molecule has 2 N–H and O–H groups in total. The van der Waals surface area contributed by atoms with Gasteiger partial charge in [0, 0.05) is 16.1 Å². The van der Waals surface area contributed by atoms with Crippen molar-refractivity contribution in [2.24, 2.45) is 0 Å². The van der Waals surface area contributed by atoms with E-state index in [1.165, 1.54) is 0 Å². The number of nitrogens with zero attached hydrogens (tertiary/aromatic N) is 1. The van der Waals surface area contributed by atoms with Crippen molar-refractivity contribution in [2.45, 2.75) is 6.42 Å². The Balaban J connectivity index is 1.88. The van der Waals surface area contributed by atoms with Crippen LogP contribution in [0.1, 0.15) is 16.1 Å². The third-order valence-electron chi connectivity index (χ3n) is 3.53. The van der Waals surface area contributed by atoms with Gasteiger partial charge in [0.05, 0.1) is 12.1 Å². The van der Waals surface area contributed by atoms with Gasteiger partial charge < -0.3 is 10.4 Å². The van der Waals surface area contributed by atoms with Crippen LogP contribution in [0.2, 0.25) is 0 Å². The lowest BCUT2D eigenvalue weighted by molar-refractivity contribution is -0.136. The fourth-order valence-electron chi connectivity index (χ4n) is 2.43. The Bertz CT molecular complexity index is 935. The predicted molar refractivity (Wildman–Crippen MR) is 95.2 cm³/mol. The van der Waals surface area contributed by atoms with Crippen LogP contribution in [0.5, 0.6) is 0 Å². The number of hydrogen-bond acceptors (Lipinski definition) is 3. The molecule has 0 aliphatic rings. The molecule has 0 fully saturated rings. The number of carboxylic acid groups (broad SMARTS) is 1. The lowest BCUT2D eigenvalue weighted by Gasteiger charge is -2.10. The van der Waals surface area contributed by atoms with Gasteiger partial charge >= 0.3 is 5.97 Å². The van der Waals surface area contributed by atoms with Crippen molar-refractivity contribution < 1.29 is 14.7 Å². The number of pyridine rings is 1. The van der Waals surface area contributed by atoms with Crippen molar-refractivity contribution in [3.8, 4) is 0 Å². The van der Waals surface area contributed by atoms with Gasteiger partial charge in [0.15, 0.2) is 0 Å². The van der Waals surface area contributed by atoms with Crippen LogP contribution >= 0.6 is 15.9 Å². The largest absolute Gasteiger partial charge is 0.481 e. The Morgan fingerprint density at radius 3 is 2.67 bits per heavy atom. The number of anilines is 1. The van der Waals surface area contributed by atoms with E-state index in [2.05, 4.69) is 26.2 Å². The summed E-state index contributed by atoms with van der Waals surface area (Å²) in [5, 5.41) is 13.3. The molecule has 0 atom stereocenters. The first-order chi connectivity index (χ1) is 11.5. The molecule has 0 spiro atoms. The standard InChI is InChI=1S/C18H13BrN2O3/c19-14-9-11(10-16(22)23)5-6-15(14)21-18(24)17-13-4-2-1-3-12(13)7-8-20-17/h1-9H,10H2,(H,21,24)(H,22,23). The van der Waals surface area contributed by atoms with Gasteiger partial charge in [-0.2, -0.15) is 0 Å². The molecule has 0 unspecified atom stereocenters. The number of hydrogen-bond donors (Lipinski definition) is 2. The number of carbonyl (C=O) groups is 2. The summed E-state index contributed by atoms with van der Waals surface area (Å²) in [6.45, 7) is 0. The van der Waals surface area contributed by atoms with Gasteiger partial charge in [-0.1, -0.05) is 30.3 Å². The highest BCUT2D eigenvalue weighted by atomic mass is 79.9. The molecule has 0 aliphatic heterocycles. The number of nitrogens with one attached hydrogen (secondary N) is 1. The molecule has 1 aromatic heterocycles. The molecule has 120 valence electrons. The number of carboxylic acids is 1. The smallest absolute Gasteiger partial charge is 0.307 e. The molecular formula is C18H13BrN2O3. The summed E-state index contributed by atoms with van der Waals surface area (Å²) in [6, 6.07) is 14.4. The van der Waals surface area contributed by atoms with Gasteiger partial charge in [-0.05, 0) is 45.1 Å². The fraction of sp³-hybridized carbons (Fsp3) is 0.0556. The first-order valence-electron chi connectivity index (χ1n) is 7.20. The van der Waals surface area contributed by atoms with E-state index in [-0.39, 0.29) is 12.3 Å². The van der Waals surface area contributed by atoms with Crippen LogP contribution in [0, 0.1) is 0 Å². The molecular weight excluding hydrogens is 372 g/mol. The van der Waals surface area contributed by atoms with Crippen molar-refractivity contribution in [2.75, 3.05) is 5.32 Å². The summed E-state index contributed by atoms with van der Waals surface area (Å²) in [4.78, 5) is 27.5. The summed E-state index contributed by atoms with van der Waals surface area (Å²) in [6.07, 6.45) is 1.53. The number of amides is 1. The zero-order chi connectivity index (χ0) is 17.1. The minimum absolute atomic E-state index is 0.0717. The quantitative estimate of drug-likeness (QED) is 0.715. The molecule has 0 bridgehead atoms. The Morgan fingerprint density at radius 2 is 1.92 bits per heavy atom. The summed E-state index contributed by atoms with van der Waals surface area (Å²) in [5.74, 6) is -1.22. The van der Waals surface area contributed by atoms with Crippen molar-refractivity contribution in [3.05, 3.63) is 70.5 Å². The van der Waals surface area contributed by atoms with Crippen LogP contribution in [-0.2, 0) is 11.2 Å². The second kappa shape index (κ2) is 6.80. The lowest BCUT2D eigenvalue weighted by atomic mass is 10.1. The summed E-state index contributed by atoms with van der Waals surface area (Å²) >= 11 is 3.36. The average molecular weight is 385 g/mol. The number of aromatic nitrogens is 1. The number of halogens is 1. The second-order valence-electron chi connectivity index (χ2n) is 5.22. The summed E-state index contributed by atoms with van der Waals surface area (Å²) < 4.78 is 0.620. The van der Waals surface area contributed by atoms with Crippen molar-refractivity contribution in [1.82, 2.24) is 4.98 Å². The zero-order valence-electron chi connectivity index (χ0n) is 12.5. The maximum atomic E-state index is 12.6. The van der Waals surface area contributed by atoms with E-state index in [4.69, 9.17) is 5.11 Å². The SMILES string of the molecule is O=C(O)Cc1ccc(NC(=O)c2nccc3ccccc23)c(Br)c1. The normalized spacial score (nSPS) is 10.5. The lowest BCUT2D eigenvalue weighted by Crippen LogP contribution is -2.14. The molecule has 6 heteroatoms. The number of carbonyl (C=O) groups excluding carboxylic acids is 1. The van der Waals surface area contributed by atoms with Gasteiger partial charge in [0.25, 0.3) is 5.91 Å². The molecule has 0 saturated carbocycles. The Hall–Kier alpha value is -2.73. The van der Waals surface area contributed by atoms with Crippen LogP contribution in [-0.4, -0.2) is 22.0 Å². The Labute approximate surface area is 146 Å². The van der Waals surface area contributed by atoms with Gasteiger partial charge in [-0.25, -0.2) is 0 Å². The summed E-state index contributed by atoms with van der Waals surface area (Å²) in [5.41, 5.74) is 1.55. The van der Waals surface area contributed by atoms with Crippen LogP contribution in [0.25, 0.3) is 10.8 Å². The van der Waals surface area contributed by atoms with Crippen LogP contribution in [0.15, 0.2) is 59.2 Å². The van der Waals surface area contributed by atoms with Crippen molar-refractivity contribution >= 4 is 44.3 Å². The molecule has 3 rings (SSSR count). The topological polar surface area (TPSA) is 79.3 Å². The van der Waals surface area contributed by atoms with Crippen LogP contribution in [0.3, 0.4) is 0 Å². The number of rotatable bonds is 4. The maximum Gasteiger partial charge on any atom is 0.307 e. The molecule has 0 radical (unpaired) electrons. The number of aliphatic carboxylic acids is 1. The molecule has 24 heavy (non-hydrogen) atoms. The Kier molecular flexibility index (Phi) is 4.57. The van der Waals surface area contributed by atoms with Gasteiger partial charge in [0.2, 0.25) is 0 Å². The highest BCUT2D eigenvalue weighted by Gasteiger charge is 2.13. The maximum absolute atomic E-state index is 12.6. The third-order valence-corrected chi connectivity index (χ3v) is 4.18.